The highest BCUT2D eigenvalue weighted by Gasteiger charge is 1.94. The van der Waals surface area contributed by atoms with Gasteiger partial charge in [0.25, 0.3) is 0 Å². The third-order valence-corrected chi connectivity index (χ3v) is 2.42. The fraction of sp³-hybridized carbons (Fsp3) is 0.500. The third-order valence-electron chi connectivity index (χ3n) is 1.69. The Morgan fingerprint density at radius 3 is 2.47 bits per heavy atom. The minimum Gasteiger partial charge on any atom is -0.357 e. The molecule has 0 aliphatic carbocycles. The van der Waals surface area contributed by atoms with Crippen molar-refractivity contribution >= 4 is 41.3 Å². The maximum absolute atomic E-state index is 4.45. The van der Waals surface area contributed by atoms with Gasteiger partial charge in [0.05, 0.1) is 6.54 Å². The Morgan fingerprint density at radius 1 is 1.33 bits per heavy atom. The highest BCUT2D eigenvalue weighted by atomic mass is 127. The van der Waals surface area contributed by atoms with E-state index in [0.29, 0.717) is 0 Å². The zero-order chi connectivity index (χ0) is 10.2. The summed E-state index contributed by atoms with van der Waals surface area (Å²) in [5.74, 6) is 0.890. The van der Waals surface area contributed by atoms with Crippen molar-refractivity contribution in [3.05, 3.63) is 22.4 Å². The molecule has 0 unspecified atom stereocenters. The molecule has 0 saturated carbocycles. The number of thiophene rings is 1. The number of rotatable bonds is 4. The molecular formula is C10H18IN3S. The molecule has 86 valence electrons. The first-order valence-electron chi connectivity index (χ1n) is 4.90. The van der Waals surface area contributed by atoms with Gasteiger partial charge in [-0.25, -0.2) is 4.99 Å². The Labute approximate surface area is 112 Å². The smallest absolute Gasteiger partial charge is 0.191 e. The Hall–Kier alpha value is -0.300. The van der Waals surface area contributed by atoms with Gasteiger partial charge in [0.2, 0.25) is 0 Å². The highest BCUT2D eigenvalue weighted by Crippen LogP contribution is 2.06. The van der Waals surface area contributed by atoms with Crippen LogP contribution in [0.5, 0.6) is 0 Å². The average molecular weight is 339 g/mol. The normalized spacial score (nSPS) is 8.93. The van der Waals surface area contributed by atoms with E-state index in [9.17, 15) is 0 Å². The number of nitrogens with one attached hydrogen (secondary N) is 2. The molecule has 0 bridgehead atoms. The molecule has 1 rings (SSSR count). The van der Waals surface area contributed by atoms with Crippen LogP contribution in [0.4, 0.5) is 0 Å². The zero-order valence-corrected chi connectivity index (χ0v) is 12.3. The average Bonchev–Trinajstić information content (AvgIpc) is 2.67. The molecule has 0 aliphatic rings. The lowest BCUT2D eigenvalue weighted by atomic mass is 10.3. The predicted octanol–water partition coefficient (Wildman–Crippen LogP) is 2.44. The molecule has 0 aromatic carbocycles. The summed E-state index contributed by atoms with van der Waals surface area (Å²) in [4.78, 5) is 4.45. The molecule has 3 nitrogen and oxygen atoms in total. The fourth-order valence-electron chi connectivity index (χ4n) is 1.06. The number of halogens is 1. The first-order chi connectivity index (χ1) is 6.86. The molecular weight excluding hydrogens is 321 g/mol. The number of nitrogens with zero attached hydrogens (tertiary/aromatic N) is 1. The Morgan fingerprint density at radius 2 is 2.00 bits per heavy atom. The van der Waals surface area contributed by atoms with E-state index in [-0.39, 0.29) is 24.0 Å². The van der Waals surface area contributed by atoms with Gasteiger partial charge in [-0.2, -0.15) is 11.3 Å². The lowest BCUT2D eigenvalue weighted by Gasteiger charge is -2.08. The Balaban J connectivity index is 0.00000196. The molecule has 1 heterocycles. The summed E-state index contributed by atoms with van der Waals surface area (Å²) < 4.78 is 0. The zero-order valence-electron chi connectivity index (χ0n) is 9.12. The van der Waals surface area contributed by atoms with E-state index < -0.39 is 0 Å². The molecule has 5 heteroatoms. The van der Waals surface area contributed by atoms with Crippen molar-refractivity contribution < 1.29 is 0 Å². The van der Waals surface area contributed by atoms with Crippen LogP contribution in [0, 0.1) is 0 Å². The Kier molecular flexibility index (Phi) is 8.79. The lowest BCUT2D eigenvalue weighted by molar-refractivity contribution is 0.840. The molecule has 2 N–H and O–H groups in total. The van der Waals surface area contributed by atoms with Gasteiger partial charge >= 0.3 is 0 Å². The standard InChI is InChI=1S/C10H17N3S.HI/c1-3-11-10(12-4-2)13-7-9-5-6-14-8-9;/h5-6,8H,3-4,7H2,1-2H3,(H2,11,12,13);1H. The van der Waals surface area contributed by atoms with Crippen LogP contribution < -0.4 is 10.6 Å². The van der Waals surface area contributed by atoms with Crippen LogP contribution in [0.2, 0.25) is 0 Å². The molecule has 0 spiro atoms. The van der Waals surface area contributed by atoms with Gasteiger partial charge in [-0.1, -0.05) is 0 Å². The van der Waals surface area contributed by atoms with Crippen molar-refractivity contribution in [2.45, 2.75) is 20.4 Å². The summed E-state index contributed by atoms with van der Waals surface area (Å²) in [5.41, 5.74) is 1.27. The summed E-state index contributed by atoms with van der Waals surface area (Å²) in [7, 11) is 0. The predicted molar refractivity (Wildman–Crippen MR) is 78.2 cm³/mol. The summed E-state index contributed by atoms with van der Waals surface area (Å²) in [6, 6.07) is 2.10. The van der Waals surface area contributed by atoms with E-state index in [1.54, 1.807) is 11.3 Å². The van der Waals surface area contributed by atoms with Crippen molar-refractivity contribution in [1.29, 1.82) is 0 Å². The van der Waals surface area contributed by atoms with Crippen LogP contribution in [0.15, 0.2) is 21.8 Å². The molecule has 1 aromatic rings. The van der Waals surface area contributed by atoms with Gasteiger partial charge in [-0.05, 0) is 36.2 Å². The van der Waals surface area contributed by atoms with Crippen molar-refractivity contribution in [3.8, 4) is 0 Å². The molecule has 0 fully saturated rings. The maximum Gasteiger partial charge on any atom is 0.191 e. The minimum absolute atomic E-state index is 0. The number of guanidine groups is 1. The second-order valence-corrected chi connectivity index (χ2v) is 3.64. The molecule has 0 aliphatic heterocycles. The van der Waals surface area contributed by atoms with E-state index in [1.165, 1.54) is 5.56 Å². The Bertz CT molecular complexity index is 264. The minimum atomic E-state index is 0. The van der Waals surface area contributed by atoms with Crippen LogP contribution in [0.25, 0.3) is 0 Å². The van der Waals surface area contributed by atoms with Gasteiger partial charge in [-0.3, -0.25) is 0 Å². The number of aliphatic imine (C=N–C) groups is 1. The maximum atomic E-state index is 4.45. The van der Waals surface area contributed by atoms with Gasteiger partial charge < -0.3 is 10.6 Å². The van der Waals surface area contributed by atoms with Gasteiger partial charge in [0.15, 0.2) is 5.96 Å². The van der Waals surface area contributed by atoms with Crippen LogP contribution >= 0.6 is 35.3 Å². The SMILES string of the molecule is CCNC(=NCc1ccsc1)NCC.I. The van der Waals surface area contributed by atoms with E-state index >= 15 is 0 Å². The number of hydrogen-bond donors (Lipinski definition) is 2. The van der Waals surface area contributed by atoms with Gasteiger partial charge in [-0.15, -0.1) is 24.0 Å². The summed E-state index contributed by atoms with van der Waals surface area (Å²) in [5, 5.41) is 10.6. The first-order valence-corrected chi connectivity index (χ1v) is 5.84. The fourth-order valence-corrected chi connectivity index (χ4v) is 1.72. The van der Waals surface area contributed by atoms with Crippen LogP contribution in [-0.4, -0.2) is 19.0 Å². The quantitative estimate of drug-likeness (QED) is 0.502. The van der Waals surface area contributed by atoms with E-state index in [0.717, 1.165) is 25.6 Å². The second-order valence-electron chi connectivity index (χ2n) is 2.86. The molecule has 0 radical (unpaired) electrons. The van der Waals surface area contributed by atoms with Crippen LogP contribution in [-0.2, 0) is 6.54 Å². The van der Waals surface area contributed by atoms with E-state index in [1.807, 2.05) is 0 Å². The number of hydrogen-bond acceptors (Lipinski definition) is 2. The lowest BCUT2D eigenvalue weighted by Crippen LogP contribution is -2.36. The van der Waals surface area contributed by atoms with Crippen molar-refractivity contribution in [2.75, 3.05) is 13.1 Å². The largest absolute Gasteiger partial charge is 0.357 e. The first kappa shape index (κ1) is 14.7. The van der Waals surface area contributed by atoms with E-state index in [2.05, 4.69) is 46.3 Å². The molecule has 0 amide bonds. The summed E-state index contributed by atoms with van der Waals surface area (Å²) in [6.07, 6.45) is 0. The summed E-state index contributed by atoms with van der Waals surface area (Å²) in [6.45, 7) is 6.68. The highest BCUT2D eigenvalue weighted by molar-refractivity contribution is 14.0. The monoisotopic (exact) mass is 339 g/mol. The van der Waals surface area contributed by atoms with E-state index in [4.69, 9.17) is 0 Å². The van der Waals surface area contributed by atoms with Gasteiger partial charge in [0, 0.05) is 13.1 Å². The topological polar surface area (TPSA) is 36.4 Å². The molecule has 0 atom stereocenters. The molecule has 1 aromatic heterocycles. The van der Waals surface area contributed by atoms with Crippen molar-refractivity contribution in [1.82, 2.24) is 10.6 Å². The third kappa shape index (κ3) is 5.99. The summed E-state index contributed by atoms with van der Waals surface area (Å²) >= 11 is 1.71. The van der Waals surface area contributed by atoms with Crippen molar-refractivity contribution in [3.63, 3.8) is 0 Å². The van der Waals surface area contributed by atoms with Crippen LogP contribution in [0.1, 0.15) is 19.4 Å². The second kappa shape index (κ2) is 8.96. The molecule has 0 saturated heterocycles. The van der Waals surface area contributed by atoms with Crippen LogP contribution in [0.3, 0.4) is 0 Å². The van der Waals surface area contributed by atoms with Gasteiger partial charge in [0.1, 0.15) is 0 Å². The van der Waals surface area contributed by atoms with Crippen molar-refractivity contribution in [2.24, 2.45) is 4.99 Å². The molecule has 15 heavy (non-hydrogen) atoms.